The predicted octanol–water partition coefficient (Wildman–Crippen LogP) is 3.90. The van der Waals surface area contributed by atoms with E-state index in [1.165, 1.54) is 16.7 Å². The molecule has 0 spiro atoms. The molecule has 1 N–H and O–H groups in total. The van der Waals surface area contributed by atoms with E-state index in [4.69, 9.17) is 4.74 Å². The second-order valence-electron chi connectivity index (χ2n) is 4.93. The van der Waals surface area contributed by atoms with Gasteiger partial charge in [0.25, 0.3) is 0 Å². The summed E-state index contributed by atoms with van der Waals surface area (Å²) in [6.45, 7) is 2.17. The fourth-order valence-corrected chi connectivity index (χ4v) is 2.56. The summed E-state index contributed by atoms with van der Waals surface area (Å²) in [5.74, 6) is 0. The van der Waals surface area contributed by atoms with Gasteiger partial charge in [-0.15, -0.1) is 0 Å². The highest BCUT2D eigenvalue weighted by Gasteiger charge is 2.22. The average molecular weight is 269 g/mol. The smallest absolute Gasteiger partial charge is 0.102 e. The topological polar surface area (TPSA) is 21.3 Å². The zero-order valence-electron chi connectivity index (χ0n) is 12.5. The molecular formula is C18H23NO. The zero-order valence-corrected chi connectivity index (χ0v) is 12.5. The van der Waals surface area contributed by atoms with Crippen molar-refractivity contribution in [2.45, 2.75) is 25.5 Å². The quantitative estimate of drug-likeness (QED) is 0.859. The maximum atomic E-state index is 5.74. The molecule has 0 aliphatic rings. The van der Waals surface area contributed by atoms with Gasteiger partial charge >= 0.3 is 0 Å². The lowest BCUT2D eigenvalue weighted by atomic mass is 9.95. The van der Waals surface area contributed by atoms with E-state index in [-0.39, 0.29) is 12.1 Å². The highest BCUT2D eigenvalue weighted by Crippen LogP contribution is 2.31. The second kappa shape index (κ2) is 7.22. The van der Waals surface area contributed by atoms with Gasteiger partial charge in [0.15, 0.2) is 0 Å². The summed E-state index contributed by atoms with van der Waals surface area (Å²) < 4.78 is 5.74. The summed E-state index contributed by atoms with van der Waals surface area (Å²) in [5, 5.41) is 3.38. The third-order valence-corrected chi connectivity index (χ3v) is 3.74. The Balaban J connectivity index is 2.29. The largest absolute Gasteiger partial charge is 0.375 e. The molecule has 0 heterocycles. The Labute approximate surface area is 121 Å². The summed E-state index contributed by atoms with van der Waals surface area (Å²) in [6.07, 6.45) is 1.07. The maximum Gasteiger partial charge on any atom is 0.102 e. The van der Waals surface area contributed by atoms with Gasteiger partial charge in [-0.2, -0.15) is 0 Å². The van der Waals surface area contributed by atoms with Crippen molar-refractivity contribution in [1.82, 2.24) is 5.32 Å². The molecule has 2 rings (SSSR count). The second-order valence-corrected chi connectivity index (χ2v) is 4.93. The van der Waals surface area contributed by atoms with Crippen molar-refractivity contribution in [3.8, 4) is 0 Å². The van der Waals surface area contributed by atoms with Crippen LogP contribution in [0.3, 0.4) is 0 Å². The molecule has 0 aromatic heterocycles. The lowest BCUT2D eigenvalue weighted by Crippen LogP contribution is -2.25. The van der Waals surface area contributed by atoms with Crippen LogP contribution in [-0.4, -0.2) is 14.2 Å². The minimum absolute atomic E-state index is 0.00803. The van der Waals surface area contributed by atoms with E-state index in [1.807, 2.05) is 25.2 Å². The van der Waals surface area contributed by atoms with Crippen LogP contribution in [0.2, 0.25) is 0 Å². The van der Waals surface area contributed by atoms with Crippen molar-refractivity contribution < 1.29 is 4.74 Å². The van der Waals surface area contributed by atoms with Crippen molar-refractivity contribution in [2.24, 2.45) is 0 Å². The molecule has 0 saturated carbocycles. The Morgan fingerprint density at radius 3 is 2.10 bits per heavy atom. The van der Waals surface area contributed by atoms with Gasteiger partial charge < -0.3 is 10.1 Å². The summed E-state index contributed by atoms with van der Waals surface area (Å²) >= 11 is 0. The van der Waals surface area contributed by atoms with Crippen LogP contribution in [0.5, 0.6) is 0 Å². The molecule has 0 radical (unpaired) electrons. The minimum Gasteiger partial charge on any atom is -0.375 e. The highest BCUT2D eigenvalue weighted by atomic mass is 16.5. The number of rotatable bonds is 6. The van der Waals surface area contributed by atoms with Gasteiger partial charge in [-0.25, -0.2) is 0 Å². The number of methoxy groups -OCH3 is 1. The molecule has 2 atom stereocenters. The molecule has 2 heteroatoms. The standard InChI is InChI=1S/C18H23NO/c1-4-14-10-12-15(13-11-14)17(19-2)18(20-3)16-8-6-5-7-9-16/h5-13,17-19H,4H2,1-3H3. The number of aryl methyl sites for hydroxylation is 1. The Hall–Kier alpha value is -1.64. The van der Waals surface area contributed by atoms with E-state index < -0.39 is 0 Å². The number of likely N-dealkylation sites (N-methyl/N-ethyl adjacent to an activating group) is 1. The molecule has 2 aromatic rings. The third kappa shape index (κ3) is 3.27. The van der Waals surface area contributed by atoms with Gasteiger partial charge in [-0.05, 0) is 30.2 Å². The molecular weight excluding hydrogens is 246 g/mol. The zero-order chi connectivity index (χ0) is 14.4. The molecule has 0 saturated heterocycles. The molecule has 0 amide bonds. The first-order valence-electron chi connectivity index (χ1n) is 7.14. The number of ether oxygens (including phenoxy) is 1. The van der Waals surface area contributed by atoms with Crippen molar-refractivity contribution in [1.29, 1.82) is 0 Å². The summed E-state index contributed by atoms with van der Waals surface area (Å²) in [6, 6.07) is 19.3. The van der Waals surface area contributed by atoms with E-state index in [9.17, 15) is 0 Å². The minimum atomic E-state index is 0.00803. The van der Waals surface area contributed by atoms with Gasteiger partial charge in [0.05, 0.1) is 6.04 Å². The van der Waals surface area contributed by atoms with Crippen molar-refractivity contribution in [3.05, 3.63) is 71.3 Å². The normalized spacial score (nSPS) is 13.9. The van der Waals surface area contributed by atoms with Crippen LogP contribution in [0.4, 0.5) is 0 Å². The van der Waals surface area contributed by atoms with Crippen molar-refractivity contribution >= 4 is 0 Å². The molecule has 0 aliphatic heterocycles. The van der Waals surface area contributed by atoms with Crippen LogP contribution in [0.1, 0.15) is 35.8 Å². The van der Waals surface area contributed by atoms with Crippen LogP contribution in [0.15, 0.2) is 54.6 Å². The highest BCUT2D eigenvalue weighted by molar-refractivity contribution is 5.29. The van der Waals surface area contributed by atoms with E-state index in [2.05, 4.69) is 48.6 Å². The Kier molecular flexibility index (Phi) is 5.33. The Morgan fingerprint density at radius 2 is 1.60 bits per heavy atom. The molecule has 2 aromatic carbocycles. The fraction of sp³-hybridized carbons (Fsp3) is 0.333. The molecule has 20 heavy (non-hydrogen) atoms. The monoisotopic (exact) mass is 269 g/mol. The van der Waals surface area contributed by atoms with Gasteiger partial charge in [-0.1, -0.05) is 61.5 Å². The van der Waals surface area contributed by atoms with E-state index in [0.717, 1.165) is 6.42 Å². The van der Waals surface area contributed by atoms with Crippen LogP contribution >= 0.6 is 0 Å². The number of hydrogen-bond acceptors (Lipinski definition) is 2. The lowest BCUT2D eigenvalue weighted by Gasteiger charge is -2.26. The first-order valence-corrected chi connectivity index (χ1v) is 7.14. The summed E-state index contributed by atoms with van der Waals surface area (Å²) in [7, 11) is 3.75. The Bertz CT molecular complexity index is 507. The SMILES string of the molecule is CCc1ccc(C(NC)C(OC)c2ccccc2)cc1. The van der Waals surface area contributed by atoms with Crippen molar-refractivity contribution in [3.63, 3.8) is 0 Å². The van der Waals surface area contributed by atoms with E-state index in [0.29, 0.717) is 0 Å². The van der Waals surface area contributed by atoms with Gasteiger partial charge in [0, 0.05) is 7.11 Å². The lowest BCUT2D eigenvalue weighted by molar-refractivity contribution is 0.0702. The van der Waals surface area contributed by atoms with Crippen LogP contribution in [0.25, 0.3) is 0 Å². The maximum absolute atomic E-state index is 5.74. The molecule has 0 bridgehead atoms. The van der Waals surface area contributed by atoms with Gasteiger partial charge in [0.2, 0.25) is 0 Å². The van der Waals surface area contributed by atoms with Crippen LogP contribution in [-0.2, 0) is 11.2 Å². The van der Waals surface area contributed by atoms with E-state index >= 15 is 0 Å². The molecule has 2 nitrogen and oxygen atoms in total. The average Bonchev–Trinajstić information content (AvgIpc) is 2.53. The number of benzene rings is 2. The van der Waals surface area contributed by atoms with Crippen LogP contribution < -0.4 is 5.32 Å². The first kappa shape index (κ1) is 14.8. The molecule has 106 valence electrons. The molecule has 0 fully saturated rings. The van der Waals surface area contributed by atoms with Crippen LogP contribution in [0, 0.1) is 0 Å². The third-order valence-electron chi connectivity index (χ3n) is 3.74. The Morgan fingerprint density at radius 1 is 0.950 bits per heavy atom. The van der Waals surface area contributed by atoms with Gasteiger partial charge in [0.1, 0.15) is 6.10 Å². The summed E-state index contributed by atoms with van der Waals surface area (Å²) in [5.41, 5.74) is 3.80. The van der Waals surface area contributed by atoms with Crippen molar-refractivity contribution in [2.75, 3.05) is 14.2 Å². The molecule has 2 unspecified atom stereocenters. The number of hydrogen-bond donors (Lipinski definition) is 1. The number of nitrogens with one attached hydrogen (secondary N) is 1. The fourth-order valence-electron chi connectivity index (χ4n) is 2.56. The molecule has 0 aliphatic carbocycles. The van der Waals surface area contributed by atoms with E-state index in [1.54, 1.807) is 7.11 Å². The predicted molar refractivity (Wildman–Crippen MR) is 83.8 cm³/mol. The summed E-state index contributed by atoms with van der Waals surface area (Å²) in [4.78, 5) is 0. The first-order chi connectivity index (χ1) is 9.80. The van der Waals surface area contributed by atoms with Gasteiger partial charge in [-0.3, -0.25) is 0 Å².